The Balaban J connectivity index is 2.19. The number of aromatic hydroxyl groups is 1. The van der Waals surface area contributed by atoms with Gasteiger partial charge in [0, 0.05) is 28.0 Å². The van der Waals surface area contributed by atoms with Gasteiger partial charge >= 0.3 is 0 Å². The smallest absolute Gasteiger partial charge is 0.129 e. The van der Waals surface area contributed by atoms with Gasteiger partial charge in [0.25, 0.3) is 0 Å². The molecule has 2 aromatic rings. The van der Waals surface area contributed by atoms with E-state index in [2.05, 4.69) is 4.98 Å². The van der Waals surface area contributed by atoms with Crippen molar-refractivity contribution in [3.63, 3.8) is 0 Å². The van der Waals surface area contributed by atoms with Crippen LogP contribution in [0.4, 0.5) is 0 Å². The lowest BCUT2D eigenvalue weighted by atomic mass is 10.1. The summed E-state index contributed by atoms with van der Waals surface area (Å²) in [5.41, 5.74) is 3.08. The van der Waals surface area contributed by atoms with Gasteiger partial charge in [0.05, 0.1) is 12.8 Å². The summed E-state index contributed by atoms with van der Waals surface area (Å²) in [6.07, 6.45) is 1.83. The molecule has 0 spiro atoms. The maximum atomic E-state index is 9.74. The van der Waals surface area contributed by atoms with Crippen LogP contribution in [-0.4, -0.2) is 17.2 Å². The highest BCUT2D eigenvalue weighted by molar-refractivity contribution is 7.98. The van der Waals surface area contributed by atoms with Gasteiger partial charge in [-0.3, -0.25) is 4.98 Å². The van der Waals surface area contributed by atoms with Crippen LogP contribution in [0.5, 0.6) is 11.5 Å². The fraction of sp³-hybridized carbons (Fsp3) is 0.267. The third-order valence-electron chi connectivity index (χ3n) is 2.98. The zero-order valence-electron chi connectivity index (χ0n) is 11.3. The third kappa shape index (κ3) is 3.01. The van der Waals surface area contributed by atoms with E-state index in [1.54, 1.807) is 24.9 Å². The van der Waals surface area contributed by atoms with Gasteiger partial charge < -0.3 is 9.84 Å². The summed E-state index contributed by atoms with van der Waals surface area (Å²) in [4.78, 5) is 5.31. The van der Waals surface area contributed by atoms with E-state index in [4.69, 9.17) is 4.74 Å². The Morgan fingerprint density at radius 1 is 1.26 bits per heavy atom. The average molecular weight is 275 g/mol. The molecule has 0 atom stereocenters. The van der Waals surface area contributed by atoms with Crippen molar-refractivity contribution in [2.45, 2.75) is 24.5 Å². The van der Waals surface area contributed by atoms with Crippen molar-refractivity contribution in [1.82, 2.24) is 4.98 Å². The lowest BCUT2D eigenvalue weighted by Crippen LogP contribution is -1.98. The van der Waals surface area contributed by atoms with Crippen LogP contribution in [0.1, 0.15) is 16.8 Å². The first-order chi connectivity index (χ1) is 9.13. The molecule has 1 N–H and O–H groups in total. The van der Waals surface area contributed by atoms with Crippen molar-refractivity contribution >= 4 is 11.8 Å². The van der Waals surface area contributed by atoms with Gasteiger partial charge in [0.1, 0.15) is 11.5 Å². The Bertz CT molecular complexity index is 584. The second-order valence-electron chi connectivity index (χ2n) is 4.30. The van der Waals surface area contributed by atoms with Crippen molar-refractivity contribution in [2.24, 2.45) is 0 Å². The number of para-hydroxylation sites is 1. The van der Waals surface area contributed by atoms with Crippen molar-refractivity contribution < 1.29 is 9.84 Å². The quantitative estimate of drug-likeness (QED) is 0.864. The molecule has 0 bridgehead atoms. The number of aromatic nitrogens is 1. The molecule has 0 aliphatic heterocycles. The monoisotopic (exact) mass is 275 g/mol. The highest BCUT2D eigenvalue weighted by atomic mass is 32.2. The van der Waals surface area contributed by atoms with E-state index >= 15 is 0 Å². The Morgan fingerprint density at radius 2 is 2.00 bits per heavy atom. The summed E-state index contributed by atoms with van der Waals surface area (Å²) >= 11 is 1.57. The number of hydrogen-bond donors (Lipinski definition) is 1. The van der Waals surface area contributed by atoms with Crippen molar-refractivity contribution in [2.75, 3.05) is 7.11 Å². The number of pyridine rings is 1. The summed E-state index contributed by atoms with van der Waals surface area (Å²) in [7, 11) is 1.68. The fourth-order valence-corrected chi connectivity index (χ4v) is 2.92. The molecule has 0 saturated carbocycles. The molecule has 0 aliphatic carbocycles. The molecule has 0 aliphatic rings. The maximum Gasteiger partial charge on any atom is 0.129 e. The fourth-order valence-electron chi connectivity index (χ4n) is 1.94. The van der Waals surface area contributed by atoms with E-state index in [9.17, 15) is 5.11 Å². The molecule has 0 unspecified atom stereocenters. The molecule has 0 fully saturated rings. The van der Waals surface area contributed by atoms with Gasteiger partial charge in [-0.15, -0.1) is 11.8 Å². The standard InChI is InChI=1S/C15H17NO2S/c1-10-8-16-12(11(2)15(10)18-3)9-19-14-7-5-4-6-13(14)17/h4-8,17H,9H2,1-3H3. The summed E-state index contributed by atoms with van der Waals surface area (Å²) < 4.78 is 5.39. The Hall–Kier alpha value is -1.68. The largest absolute Gasteiger partial charge is 0.507 e. The molecule has 1 aromatic heterocycles. The third-order valence-corrected chi connectivity index (χ3v) is 4.05. The molecule has 4 heteroatoms. The van der Waals surface area contributed by atoms with Crippen LogP contribution in [0.3, 0.4) is 0 Å². The number of ether oxygens (including phenoxy) is 1. The van der Waals surface area contributed by atoms with Crippen molar-refractivity contribution in [3.8, 4) is 11.5 Å². The number of hydrogen-bond acceptors (Lipinski definition) is 4. The molecule has 100 valence electrons. The van der Waals surface area contributed by atoms with Crippen molar-refractivity contribution in [3.05, 3.63) is 47.3 Å². The molecule has 0 amide bonds. The number of benzene rings is 1. The minimum Gasteiger partial charge on any atom is -0.507 e. The highest BCUT2D eigenvalue weighted by Crippen LogP contribution is 2.32. The number of phenolic OH excluding ortho intramolecular Hbond substituents is 1. The Kier molecular flexibility index (Phi) is 4.32. The molecule has 19 heavy (non-hydrogen) atoms. The van der Waals surface area contributed by atoms with E-state index in [1.807, 2.05) is 38.2 Å². The predicted octanol–water partition coefficient (Wildman–Crippen LogP) is 3.70. The van der Waals surface area contributed by atoms with Gasteiger partial charge in [-0.1, -0.05) is 12.1 Å². The summed E-state index contributed by atoms with van der Waals surface area (Å²) in [5.74, 6) is 1.91. The zero-order chi connectivity index (χ0) is 13.8. The SMILES string of the molecule is COc1c(C)cnc(CSc2ccccc2O)c1C. The van der Waals surface area contributed by atoms with Crippen LogP contribution in [0.2, 0.25) is 0 Å². The molecular weight excluding hydrogens is 258 g/mol. The Morgan fingerprint density at radius 3 is 2.68 bits per heavy atom. The summed E-state index contributed by atoms with van der Waals surface area (Å²) in [6.45, 7) is 4.00. The van der Waals surface area contributed by atoms with Gasteiger partial charge in [-0.05, 0) is 26.0 Å². The number of methoxy groups -OCH3 is 1. The van der Waals surface area contributed by atoms with Gasteiger partial charge in [-0.2, -0.15) is 0 Å². The Labute approximate surface area is 117 Å². The van der Waals surface area contributed by atoms with Crippen LogP contribution in [0.25, 0.3) is 0 Å². The second kappa shape index (κ2) is 5.97. The molecule has 3 nitrogen and oxygen atoms in total. The molecule has 1 heterocycles. The highest BCUT2D eigenvalue weighted by Gasteiger charge is 2.10. The van der Waals surface area contributed by atoms with Crippen LogP contribution < -0.4 is 4.74 Å². The van der Waals surface area contributed by atoms with E-state index in [1.165, 1.54) is 0 Å². The molecule has 2 rings (SSSR count). The van der Waals surface area contributed by atoms with E-state index in [0.29, 0.717) is 11.5 Å². The second-order valence-corrected chi connectivity index (χ2v) is 5.32. The first kappa shape index (κ1) is 13.7. The number of rotatable bonds is 4. The zero-order valence-corrected chi connectivity index (χ0v) is 12.1. The topological polar surface area (TPSA) is 42.4 Å². The molecule has 1 aromatic carbocycles. The van der Waals surface area contributed by atoms with Crippen LogP contribution in [-0.2, 0) is 5.75 Å². The van der Waals surface area contributed by atoms with Gasteiger partial charge in [0.2, 0.25) is 0 Å². The van der Waals surface area contributed by atoms with Crippen LogP contribution >= 0.6 is 11.8 Å². The van der Waals surface area contributed by atoms with E-state index in [-0.39, 0.29) is 0 Å². The van der Waals surface area contributed by atoms with E-state index < -0.39 is 0 Å². The average Bonchev–Trinajstić information content (AvgIpc) is 2.40. The first-order valence-electron chi connectivity index (χ1n) is 6.03. The number of phenols is 1. The molecular formula is C15H17NO2S. The molecule has 0 radical (unpaired) electrons. The maximum absolute atomic E-state index is 9.74. The van der Waals surface area contributed by atoms with Crippen LogP contribution in [0.15, 0.2) is 35.4 Å². The molecule has 0 saturated heterocycles. The van der Waals surface area contributed by atoms with Gasteiger partial charge in [0.15, 0.2) is 0 Å². The minimum absolute atomic E-state index is 0.309. The number of nitrogens with zero attached hydrogens (tertiary/aromatic N) is 1. The number of thioether (sulfide) groups is 1. The summed E-state index contributed by atoms with van der Waals surface area (Å²) in [5, 5.41) is 9.74. The van der Waals surface area contributed by atoms with Crippen molar-refractivity contribution in [1.29, 1.82) is 0 Å². The van der Waals surface area contributed by atoms with E-state index in [0.717, 1.165) is 27.5 Å². The van der Waals surface area contributed by atoms with Gasteiger partial charge in [-0.25, -0.2) is 0 Å². The first-order valence-corrected chi connectivity index (χ1v) is 7.02. The van der Waals surface area contributed by atoms with Crippen LogP contribution in [0, 0.1) is 13.8 Å². The minimum atomic E-state index is 0.309. The lowest BCUT2D eigenvalue weighted by molar-refractivity contribution is 0.407. The predicted molar refractivity (Wildman–Crippen MR) is 77.9 cm³/mol. The lowest BCUT2D eigenvalue weighted by Gasteiger charge is -2.12. The summed E-state index contributed by atoms with van der Waals surface area (Å²) in [6, 6.07) is 7.33. The normalized spacial score (nSPS) is 10.5. The number of aryl methyl sites for hydroxylation is 1.